The fraction of sp³-hybridized carbons (Fsp3) is 0.364. The molecule has 1 aromatic rings. The molecule has 0 spiro atoms. The predicted molar refractivity (Wildman–Crippen MR) is 72.8 cm³/mol. The van der Waals surface area contributed by atoms with Crippen molar-refractivity contribution in [3.63, 3.8) is 0 Å². The van der Waals surface area contributed by atoms with Crippen LogP contribution >= 0.6 is 10.6 Å². The summed E-state index contributed by atoms with van der Waals surface area (Å²) in [4.78, 5) is 11.8. The molecule has 0 radical (unpaired) electrons. The summed E-state index contributed by atoms with van der Waals surface area (Å²) < 4.78 is 46.8. The van der Waals surface area contributed by atoms with Crippen molar-refractivity contribution in [2.24, 2.45) is 0 Å². The van der Waals surface area contributed by atoms with Gasteiger partial charge >= 0.3 is 6.09 Å². The Morgan fingerprint density at radius 1 is 1.20 bits per heavy atom. The molecule has 1 aliphatic rings. The highest BCUT2D eigenvalue weighted by Gasteiger charge is 2.26. The van der Waals surface area contributed by atoms with Crippen molar-refractivity contribution in [1.29, 1.82) is 0 Å². The quantitative estimate of drug-likeness (QED) is 0.674. The number of anilines is 2. The second kappa shape index (κ2) is 5.43. The van der Waals surface area contributed by atoms with Crippen molar-refractivity contribution in [1.82, 2.24) is 0 Å². The lowest BCUT2D eigenvalue weighted by Gasteiger charge is -2.42. The zero-order valence-corrected chi connectivity index (χ0v) is 11.2. The van der Waals surface area contributed by atoms with Gasteiger partial charge in [-0.2, -0.15) is 10.6 Å². The van der Waals surface area contributed by atoms with Gasteiger partial charge < -0.3 is 10.0 Å². The van der Waals surface area contributed by atoms with E-state index in [0.717, 1.165) is 12.1 Å². The van der Waals surface area contributed by atoms with Gasteiger partial charge in [0.15, 0.2) is 11.6 Å². The first-order chi connectivity index (χ1) is 9.28. The van der Waals surface area contributed by atoms with Crippen LogP contribution in [0, 0.1) is 11.6 Å². The molecule has 0 atom stereocenters. The SMILES string of the molecule is O=C(O)Nc1cc(F)c(N2CCS(O)(O)CC2)c(F)c1. The van der Waals surface area contributed by atoms with Gasteiger partial charge in [0.25, 0.3) is 0 Å². The highest BCUT2D eigenvalue weighted by Crippen LogP contribution is 2.42. The van der Waals surface area contributed by atoms with Gasteiger partial charge in [0.2, 0.25) is 0 Å². The monoisotopic (exact) mass is 308 g/mol. The molecule has 112 valence electrons. The van der Waals surface area contributed by atoms with Crippen LogP contribution in [0.2, 0.25) is 0 Å². The third kappa shape index (κ3) is 3.30. The van der Waals surface area contributed by atoms with E-state index < -0.39 is 28.3 Å². The third-order valence-electron chi connectivity index (χ3n) is 2.96. The van der Waals surface area contributed by atoms with Crippen molar-refractivity contribution in [2.45, 2.75) is 0 Å². The zero-order valence-electron chi connectivity index (χ0n) is 10.3. The summed E-state index contributed by atoms with van der Waals surface area (Å²) in [5.74, 6) is -1.68. The lowest BCUT2D eigenvalue weighted by molar-refractivity contribution is 0.209. The van der Waals surface area contributed by atoms with Crippen molar-refractivity contribution < 1.29 is 27.8 Å². The van der Waals surface area contributed by atoms with Crippen molar-refractivity contribution in [3.05, 3.63) is 23.8 Å². The van der Waals surface area contributed by atoms with Gasteiger partial charge in [0.1, 0.15) is 5.69 Å². The second-order valence-corrected chi connectivity index (χ2v) is 6.84. The Hall–Kier alpha value is -1.58. The molecule has 9 heteroatoms. The number of carboxylic acid groups (broad SMARTS) is 1. The van der Waals surface area contributed by atoms with Crippen LogP contribution in [-0.4, -0.2) is 44.9 Å². The van der Waals surface area contributed by atoms with E-state index in [2.05, 4.69) is 0 Å². The van der Waals surface area contributed by atoms with E-state index in [0.29, 0.717) is 0 Å². The number of amides is 1. The summed E-state index contributed by atoms with van der Waals surface area (Å²) in [6, 6.07) is 1.78. The van der Waals surface area contributed by atoms with Gasteiger partial charge in [-0.3, -0.25) is 14.4 Å². The minimum absolute atomic E-state index is 0.0566. The van der Waals surface area contributed by atoms with E-state index >= 15 is 0 Å². The summed E-state index contributed by atoms with van der Waals surface area (Å²) in [5, 5.41) is 10.4. The molecular weight excluding hydrogens is 294 g/mol. The minimum atomic E-state index is -2.65. The summed E-state index contributed by atoms with van der Waals surface area (Å²) >= 11 is 0. The summed E-state index contributed by atoms with van der Waals surface area (Å²) in [5.41, 5.74) is -0.478. The van der Waals surface area contributed by atoms with E-state index in [9.17, 15) is 22.7 Å². The molecule has 6 nitrogen and oxygen atoms in total. The Balaban J connectivity index is 2.23. The van der Waals surface area contributed by atoms with Crippen LogP contribution in [0.4, 0.5) is 25.0 Å². The average molecular weight is 308 g/mol. The van der Waals surface area contributed by atoms with E-state index in [4.69, 9.17) is 5.11 Å². The lowest BCUT2D eigenvalue weighted by atomic mass is 10.2. The molecule has 0 aromatic heterocycles. The van der Waals surface area contributed by atoms with Crippen LogP contribution in [0.15, 0.2) is 12.1 Å². The molecule has 1 saturated heterocycles. The zero-order chi connectivity index (χ0) is 14.9. The maximum atomic E-state index is 13.9. The third-order valence-corrected chi connectivity index (χ3v) is 4.63. The summed E-state index contributed by atoms with van der Waals surface area (Å²) in [6.45, 7) is 0.254. The van der Waals surface area contributed by atoms with Crippen LogP contribution in [0.25, 0.3) is 0 Å². The molecule has 4 N–H and O–H groups in total. The number of carbonyl (C=O) groups is 1. The van der Waals surface area contributed by atoms with E-state index in [-0.39, 0.29) is 36.0 Å². The Morgan fingerprint density at radius 3 is 2.15 bits per heavy atom. The standard InChI is InChI=1S/C11H14F2N2O4S/c12-8-5-7(14-11(16)17)6-9(13)10(8)15-1-3-20(18,19)4-2-15/h5-6,14,18-19H,1-4H2,(H,16,17). The lowest BCUT2D eigenvalue weighted by Crippen LogP contribution is -2.39. The smallest absolute Gasteiger partial charge is 0.409 e. The van der Waals surface area contributed by atoms with Crippen molar-refractivity contribution in [3.8, 4) is 0 Å². The largest absolute Gasteiger partial charge is 0.465 e. The predicted octanol–water partition coefficient (Wildman–Crippen LogP) is 2.63. The number of halogens is 2. The van der Waals surface area contributed by atoms with Gasteiger partial charge in [-0.15, -0.1) is 0 Å². The van der Waals surface area contributed by atoms with Gasteiger partial charge in [-0.05, 0) is 12.1 Å². The Morgan fingerprint density at radius 2 is 1.70 bits per heavy atom. The number of hydrogen-bond acceptors (Lipinski definition) is 4. The molecule has 1 aromatic carbocycles. The van der Waals surface area contributed by atoms with E-state index in [1.165, 1.54) is 4.90 Å². The molecule has 1 amide bonds. The minimum Gasteiger partial charge on any atom is -0.465 e. The fourth-order valence-corrected chi connectivity index (χ4v) is 3.24. The molecule has 0 unspecified atom stereocenters. The van der Waals surface area contributed by atoms with E-state index in [1.807, 2.05) is 5.32 Å². The number of nitrogens with zero attached hydrogens (tertiary/aromatic N) is 1. The molecular formula is C11H14F2N2O4S. The Bertz CT molecular complexity index is 508. The number of hydrogen-bond donors (Lipinski definition) is 4. The maximum Gasteiger partial charge on any atom is 0.409 e. The number of nitrogens with one attached hydrogen (secondary N) is 1. The van der Waals surface area contributed by atoms with Gasteiger partial charge in [0.05, 0.1) is 11.5 Å². The molecule has 20 heavy (non-hydrogen) atoms. The van der Waals surface area contributed by atoms with Crippen molar-refractivity contribution >= 4 is 28.1 Å². The van der Waals surface area contributed by atoms with Crippen LogP contribution in [0.5, 0.6) is 0 Å². The highest BCUT2D eigenvalue weighted by molar-refractivity contribution is 8.24. The first-order valence-electron chi connectivity index (χ1n) is 5.76. The van der Waals surface area contributed by atoms with Gasteiger partial charge in [-0.1, -0.05) is 0 Å². The van der Waals surface area contributed by atoms with E-state index in [1.54, 1.807) is 0 Å². The molecule has 1 aliphatic heterocycles. The molecule has 0 bridgehead atoms. The van der Waals surface area contributed by atoms with Gasteiger partial charge in [-0.25, -0.2) is 13.6 Å². The first kappa shape index (κ1) is 14.8. The maximum absolute atomic E-state index is 13.9. The fourth-order valence-electron chi connectivity index (χ4n) is 2.01. The van der Waals surface area contributed by atoms with Crippen LogP contribution in [0.3, 0.4) is 0 Å². The van der Waals surface area contributed by atoms with Crippen LogP contribution in [-0.2, 0) is 0 Å². The van der Waals surface area contributed by atoms with Crippen LogP contribution < -0.4 is 10.2 Å². The normalized spacial score (nSPS) is 19.5. The van der Waals surface area contributed by atoms with Crippen molar-refractivity contribution in [2.75, 3.05) is 34.8 Å². The summed E-state index contributed by atoms with van der Waals surface area (Å²) in [6.07, 6.45) is -1.41. The topological polar surface area (TPSA) is 93.0 Å². The molecule has 1 fully saturated rings. The Labute approximate surface area is 115 Å². The molecule has 1 heterocycles. The molecule has 0 saturated carbocycles. The van der Waals surface area contributed by atoms with Gasteiger partial charge in [0, 0.05) is 18.8 Å². The highest BCUT2D eigenvalue weighted by atomic mass is 32.3. The Kier molecular flexibility index (Phi) is 4.02. The number of rotatable bonds is 2. The van der Waals surface area contributed by atoms with Crippen LogP contribution in [0.1, 0.15) is 0 Å². The molecule has 0 aliphatic carbocycles. The second-order valence-electron chi connectivity index (χ2n) is 4.42. The molecule has 2 rings (SSSR count). The summed E-state index contributed by atoms with van der Waals surface area (Å²) in [7, 11) is -2.65. The number of benzene rings is 1. The first-order valence-corrected chi connectivity index (χ1v) is 7.64. The average Bonchev–Trinajstić information content (AvgIpc) is 2.29.